The van der Waals surface area contributed by atoms with E-state index in [0.29, 0.717) is 18.7 Å². The molecule has 1 atom stereocenters. The molecule has 0 spiro atoms. The minimum atomic E-state index is -0.102. The van der Waals surface area contributed by atoms with Gasteiger partial charge in [0.1, 0.15) is 0 Å². The lowest BCUT2D eigenvalue weighted by Gasteiger charge is -2.19. The Balaban J connectivity index is 1.70. The quantitative estimate of drug-likeness (QED) is 0.553. The third kappa shape index (κ3) is 5.12. The van der Waals surface area contributed by atoms with Crippen molar-refractivity contribution in [3.63, 3.8) is 0 Å². The molecule has 0 aliphatic carbocycles. The molecule has 0 bridgehead atoms. The van der Waals surface area contributed by atoms with E-state index in [1.807, 2.05) is 67.4 Å². The molecule has 0 aliphatic heterocycles. The van der Waals surface area contributed by atoms with Crippen molar-refractivity contribution < 1.29 is 9.59 Å². The number of hydrogen-bond acceptors (Lipinski definition) is 3. The molecule has 162 valence electrons. The van der Waals surface area contributed by atoms with E-state index in [2.05, 4.69) is 35.9 Å². The fourth-order valence-electron chi connectivity index (χ4n) is 4.14. The van der Waals surface area contributed by atoms with Gasteiger partial charge in [-0.05, 0) is 57.1 Å². The second-order valence-corrected chi connectivity index (χ2v) is 8.11. The number of nitrogens with one attached hydrogen (secondary N) is 1. The molecule has 0 saturated heterocycles. The van der Waals surface area contributed by atoms with Crippen LogP contribution in [-0.4, -0.2) is 41.8 Å². The number of benzene rings is 2. The smallest absolute Gasteiger partial charge is 0.251 e. The van der Waals surface area contributed by atoms with Gasteiger partial charge in [0, 0.05) is 36.1 Å². The average Bonchev–Trinajstić information content (AvgIpc) is 3.07. The van der Waals surface area contributed by atoms with Crippen LogP contribution in [0.3, 0.4) is 0 Å². The SMILES string of the molecule is CNC(=O)c1ccc(CN(C)CC(=O)c2cc(C)n([C@@H](C)c3ccccc3)c2C)cc1. The van der Waals surface area contributed by atoms with Crippen molar-refractivity contribution in [3.05, 3.63) is 94.3 Å². The Kier molecular flexibility index (Phi) is 7.08. The van der Waals surface area contributed by atoms with E-state index in [4.69, 9.17) is 0 Å². The van der Waals surface area contributed by atoms with Gasteiger partial charge in [0.05, 0.1) is 12.6 Å². The average molecular weight is 418 g/mol. The molecular weight excluding hydrogens is 386 g/mol. The molecule has 1 heterocycles. The van der Waals surface area contributed by atoms with Crippen LogP contribution in [0.15, 0.2) is 60.7 Å². The van der Waals surface area contributed by atoms with E-state index in [1.54, 1.807) is 7.05 Å². The van der Waals surface area contributed by atoms with Crippen molar-refractivity contribution >= 4 is 11.7 Å². The lowest BCUT2D eigenvalue weighted by molar-refractivity contribution is 0.0940. The van der Waals surface area contributed by atoms with Crippen LogP contribution in [0.25, 0.3) is 0 Å². The van der Waals surface area contributed by atoms with Crippen LogP contribution in [-0.2, 0) is 6.54 Å². The maximum atomic E-state index is 13.1. The number of rotatable bonds is 8. The molecule has 0 saturated carbocycles. The molecule has 1 amide bonds. The molecule has 31 heavy (non-hydrogen) atoms. The highest BCUT2D eigenvalue weighted by Crippen LogP contribution is 2.26. The highest BCUT2D eigenvalue weighted by atomic mass is 16.1. The zero-order chi connectivity index (χ0) is 22.5. The van der Waals surface area contributed by atoms with Crippen LogP contribution in [0.4, 0.5) is 0 Å². The number of amides is 1. The van der Waals surface area contributed by atoms with Crippen molar-refractivity contribution in [1.82, 2.24) is 14.8 Å². The predicted octanol–water partition coefficient (Wildman–Crippen LogP) is 4.39. The summed E-state index contributed by atoms with van der Waals surface area (Å²) in [5.41, 5.74) is 5.78. The highest BCUT2D eigenvalue weighted by Gasteiger charge is 2.20. The summed E-state index contributed by atoms with van der Waals surface area (Å²) in [4.78, 5) is 26.8. The summed E-state index contributed by atoms with van der Waals surface area (Å²) in [5, 5.41) is 2.62. The molecule has 0 aliphatic rings. The van der Waals surface area contributed by atoms with Gasteiger partial charge in [-0.1, -0.05) is 42.5 Å². The van der Waals surface area contributed by atoms with Crippen LogP contribution < -0.4 is 5.32 Å². The summed E-state index contributed by atoms with van der Waals surface area (Å²) in [5.74, 6) is 0.0132. The number of aromatic nitrogens is 1. The Bertz CT molecular complexity index is 1050. The normalized spacial score (nSPS) is 12.1. The lowest BCUT2D eigenvalue weighted by Crippen LogP contribution is -2.26. The number of likely N-dealkylation sites (N-methyl/N-ethyl adjacent to an activating group) is 1. The molecule has 1 N–H and O–H groups in total. The molecule has 3 aromatic rings. The van der Waals surface area contributed by atoms with Crippen LogP contribution in [0.1, 0.15) is 56.2 Å². The molecule has 5 nitrogen and oxygen atoms in total. The number of hydrogen-bond donors (Lipinski definition) is 1. The van der Waals surface area contributed by atoms with Crippen molar-refractivity contribution in [3.8, 4) is 0 Å². The first-order valence-corrected chi connectivity index (χ1v) is 10.6. The van der Waals surface area contributed by atoms with E-state index in [-0.39, 0.29) is 17.7 Å². The predicted molar refractivity (Wildman–Crippen MR) is 125 cm³/mol. The zero-order valence-corrected chi connectivity index (χ0v) is 19.0. The molecule has 2 aromatic carbocycles. The van der Waals surface area contributed by atoms with Crippen LogP contribution in [0, 0.1) is 13.8 Å². The van der Waals surface area contributed by atoms with Gasteiger partial charge in [0.15, 0.2) is 5.78 Å². The topological polar surface area (TPSA) is 54.3 Å². The number of ketones is 1. The Morgan fingerprint density at radius 2 is 1.68 bits per heavy atom. The summed E-state index contributed by atoms with van der Waals surface area (Å²) < 4.78 is 2.24. The summed E-state index contributed by atoms with van der Waals surface area (Å²) in [6.07, 6.45) is 0. The molecule has 0 fully saturated rings. The minimum Gasteiger partial charge on any atom is -0.355 e. The zero-order valence-electron chi connectivity index (χ0n) is 19.0. The van der Waals surface area contributed by atoms with Crippen molar-refractivity contribution in [2.24, 2.45) is 0 Å². The van der Waals surface area contributed by atoms with Crippen LogP contribution in [0.2, 0.25) is 0 Å². The summed E-state index contributed by atoms with van der Waals surface area (Å²) in [7, 11) is 3.56. The fourth-order valence-corrected chi connectivity index (χ4v) is 4.14. The maximum absolute atomic E-state index is 13.1. The lowest BCUT2D eigenvalue weighted by atomic mass is 10.1. The third-order valence-corrected chi connectivity index (χ3v) is 5.76. The number of Topliss-reactive ketones (excluding diaryl/α,β-unsaturated/α-hetero) is 1. The van der Waals surface area contributed by atoms with Gasteiger partial charge in [-0.25, -0.2) is 0 Å². The summed E-state index contributed by atoms with van der Waals surface area (Å²) in [6, 6.07) is 20.0. The van der Waals surface area contributed by atoms with E-state index < -0.39 is 0 Å². The summed E-state index contributed by atoms with van der Waals surface area (Å²) >= 11 is 0. The van der Waals surface area contributed by atoms with Gasteiger partial charge in [0.2, 0.25) is 0 Å². The number of carbonyl (C=O) groups excluding carboxylic acids is 2. The van der Waals surface area contributed by atoms with Gasteiger partial charge in [0.25, 0.3) is 5.91 Å². The molecule has 3 rings (SSSR count). The van der Waals surface area contributed by atoms with Gasteiger partial charge in [-0.3, -0.25) is 14.5 Å². The Hall–Kier alpha value is -3.18. The number of nitrogens with zero attached hydrogens (tertiary/aromatic N) is 2. The monoisotopic (exact) mass is 417 g/mol. The molecule has 0 radical (unpaired) electrons. The van der Waals surface area contributed by atoms with Crippen LogP contribution in [0.5, 0.6) is 0 Å². The van der Waals surface area contributed by atoms with E-state index in [1.165, 1.54) is 5.56 Å². The first-order chi connectivity index (χ1) is 14.8. The maximum Gasteiger partial charge on any atom is 0.251 e. The van der Waals surface area contributed by atoms with E-state index in [0.717, 1.165) is 22.5 Å². The van der Waals surface area contributed by atoms with Gasteiger partial charge in [-0.15, -0.1) is 0 Å². The second kappa shape index (κ2) is 9.75. The highest BCUT2D eigenvalue weighted by molar-refractivity contribution is 5.99. The standard InChI is InChI=1S/C26H31N3O2/c1-18-15-24(20(3)29(18)19(2)22-9-7-6-8-10-22)25(30)17-28(5)16-21-11-13-23(14-12-21)26(31)27-4/h6-15,19H,16-17H2,1-5H3,(H,27,31)/t19-/m0/s1. The Morgan fingerprint density at radius 3 is 2.29 bits per heavy atom. The molecule has 5 heteroatoms. The number of aryl methyl sites for hydroxylation is 1. The largest absolute Gasteiger partial charge is 0.355 e. The number of carbonyl (C=O) groups is 2. The fraction of sp³-hybridized carbons (Fsp3) is 0.308. The molecule has 1 aromatic heterocycles. The molecular formula is C26H31N3O2. The third-order valence-electron chi connectivity index (χ3n) is 5.76. The van der Waals surface area contributed by atoms with Crippen molar-refractivity contribution in [2.45, 2.75) is 33.4 Å². The van der Waals surface area contributed by atoms with Crippen LogP contribution >= 0.6 is 0 Å². The Morgan fingerprint density at radius 1 is 1.03 bits per heavy atom. The van der Waals surface area contributed by atoms with Crippen molar-refractivity contribution in [2.75, 3.05) is 20.6 Å². The summed E-state index contributed by atoms with van der Waals surface area (Å²) in [6.45, 7) is 7.22. The second-order valence-electron chi connectivity index (χ2n) is 8.11. The van der Waals surface area contributed by atoms with E-state index in [9.17, 15) is 9.59 Å². The minimum absolute atomic E-state index is 0.102. The Labute approximate surface area is 184 Å². The molecule has 0 unspecified atom stereocenters. The van der Waals surface area contributed by atoms with Gasteiger partial charge < -0.3 is 9.88 Å². The van der Waals surface area contributed by atoms with E-state index >= 15 is 0 Å². The first-order valence-electron chi connectivity index (χ1n) is 10.6. The van der Waals surface area contributed by atoms with Gasteiger partial charge >= 0.3 is 0 Å². The first kappa shape index (κ1) is 22.5. The van der Waals surface area contributed by atoms with Crippen molar-refractivity contribution in [1.29, 1.82) is 0 Å². The van der Waals surface area contributed by atoms with Gasteiger partial charge in [-0.2, -0.15) is 0 Å².